The molecule has 0 aromatic carbocycles. The van der Waals surface area contributed by atoms with Crippen LogP contribution in [0.1, 0.15) is 9.67 Å². The molecule has 0 saturated carbocycles. The third-order valence-electron chi connectivity index (χ3n) is 1.81. The Balaban J connectivity index is 2.71. The topological polar surface area (TPSA) is 60.8 Å². The van der Waals surface area contributed by atoms with E-state index in [0.29, 0.717) is 9.21 Å². The molecular weight excluding hydrogens is 238 g/mol. The third-order valence-corrected chi connectivity index (χ3v) is 3.03. The first-order valence-electron chi connectivity index (χ1n) is 4.45. The van der Waals surface area contributed by atoms with Crippen LogP contribution in [-0.4, -0.2) is 47.3 Å². The van der Waals surface area contributed by atoms with Gasteiger partial charge in [-0.3, -0.25) is 4.79 Å². The number of amides is 1. The van der Waals surface area contributed by atoms with Crippen LogP contribution in [0.2, 0.25) is 4.34 Å². The molecule has 2 N–H and O–H groups in total. The average Bonchev–Trinajstić information content (AvgIpc) is 2.63. The second-order valence-electron chi connectivity index (χ2n) is 2.84. The minimum Gasteiger partial charge on any atom is -0.395 e. The SMILES string of the molecule is O=C(c1ccc(Cl)s1)N(CCO)CCO. The van der Waals surface area contributed by atoms with E-state index in [1.54, 1.807) is 12.1 Å². The Labute approximate surface area is 96.7 Å². The quantitative estimate of drug-likeness (QED) is 0.813. The zero-order valence-corrected chi connectivity index (χ0v) is 9.59. The largest absolute Gasteiger partial charge is 0.395 e. The molecular formula is C9H12ClNO3S. The van der Waals surface area contributed by atoms with Crippen LogP contribution in [0, 0.1) is 0 Å². The third kappa shape index (κ3) is 3.46. The standard InChI is InChI=1S/C9H12ClNO3S/c10-8-2-1-7(15-8)9(14)11(3-5-12)4-6-13/h1-2,12-13H,3-6H2. The van der Waals surface area contributed by atoms with Gasteiger partial charge in [0.2, 0.25) is 0 Å². The highest BCUT2D eigenvalue weighted by Crippen LogP contribution is 2.22. The molecule has 15 heavy (non-hydrogen) atoms. The lowest BCUT2D eigenvalue weighted by Crippen LogP contribution is -2.35. The summed E-state index contributed by atoms with van der Waals surface area (Å²) in [6.45, 7) is 0.194. The summed E-state index contributed by atoms with van der Waals surface area (Å²) in [5.41, 5.74) is 0. The number of aliphatic hydroxyl groups is 2. The Morgan fingerprint density at radius 3 is 2.33 bits per heavy atom. The number of hydrogen-bond acceptors (Lipinski definition) is 4. The number of hydrogen-bond donors (Lipinski definition) is 2. The molecule has 1 aromatic rings. The first kappa shape index (κ1) is 12.4. The molecule has 0 radical (unpaired) electrons. The predicted molar refractivity (Wildman–Crippen MR) is 59.4 cm³/mol. The minimum atomic E-state index is -0.213. The fourth-order valence-corrected chi connectivity index (χ4v) is 2.15. The zero-order valence-electron chi connectivity index (χ0n) is 8.02. The van der Waals surface area contributed by atoms with Gasteiger partial charge in [-0.25, -0.2) is 0 Å². The van der Waals surface area contributed by atoms with Crippen molar-refractivity contribution in [2.45, 2.75) is 0 Å². The molecule has 84 valence electrons. The van der Waals surface area contributed by atoms with Crippen molar-refractivity contribution < 1.29 is 15.0 Å². The van der Waals surface area contributed by atoms with Crippen molar-refractivity contribution >= 4 is 28.8 Å². The molecule has 0 saturated heterocycles. The molecule has 0 bridgehead atoms. The highest BCUT2D eigenvalue weighted by molar-refractivity contribution is 7.17. The van der Waals surface area contributed by atoms with Crippen molar-refractivity contribution in [3.05, 3.63) is 21.3 Å². The molecule has 0 fully saturated rings. The lowest BCUT2D eigenvalue weighted by atomic mass is 10.4. The molecule has 0 aliphatic rings. The summed E-state index contributed by atoms with van der Waals surface area (Å²) in [4.78, 5) is 13.7. The van der Waals surface area contributed by atoms with Gasteiger partial charge in [0, 0.05) is 13.1 Å². The van der Waals surface area contributed by atoms with Crippen LogP contribution in [0.5, 0.6) is 0 Å². The van der Waals surface area contributed by atoms with Gasteiger partial charge >= 0.3 is 0 Å². The van der Waals surface area contributed by atoms with Crippen LogP contribution in [0.15, 0.2) is 12.1 Å². The molecule has 0 atom stereocenters. The van der Waals surface area contributed by atoms with Gasteiger partial charge in [-0.2, -0.15) is 0 Å². The monoisotopic (exact) mass is 249 g/mol. The molecule has 1 rings (SSSR count). The Hall–Kier alpha value is -0.620. The maximum absolute atomic E-state index is 11.8. The van der Waals surface area contributed by atoms with Gasteiger partial charge in [-0.05, 0) is 12.1 Å². The normalized spacial score (nSPS) is 10.3. The lowest BCUT2D eigenvalue weighted by molar-refractivity contribution is 0.0689. The summed E-state index contributed by atoms with van der Waals surface area (Å²) in [6.07, 6.45) is 0. The molecule has 0 spiro atoms. The highest BCUT2D eigenvalue weighted by Gasteiger charge is 2.16. The second kappa shape index (κ2) is 6.07. The fraction of sp³-hybridized carbons (Fsp3) is 0.444. The Kier molecular flexibility index (Phi) is 5.04. The van der Waals surface area contributed by atoms with Gasteiger partial charge in [0.15, 0.2) is 0 Å². The van der Waals surface area contributed by atoms with Crippen molar-refractivity contribution in [2.24, 2.45) is 0 Å². The van der Waals surface area contributed by atoms with Crippen molar-refractivity contribution in [1.29, 1.82) is 0 Å². The smallest absolute Gasteiger partial charge is 0.264 e. The van der Waals surface area contributed by atoms with Gasteiger partial charge in [-0.1, -0.05) is 11.6 Å². The van der Waals surface area contributed by atoms with Crippen LogP contribution in [0.25, 0.3) is 0 Å². The van der Waals surface area contributed by atoms with Crippen LogP contribution in [-0.2, 0) is 0 Å². The summed E-state index contributed by atoms with van der Waals surface area (Å²) in [5.74, 6) is -0.213. The fourth-order valence-electron chi connectivity index (χ4n) is 1.14. The summed E-state index contributed by atoms with van der Waals surface area (Å²) in [7, 11) is 0. The Morgan fingerprint density at radius 1 is 1.33 bits per heavy atom. The van der Waals surface area contributed by atoms with Gasteiger partial charge in [-0.15, -0.1) is 11.3 Å². The van der Waals surface area contributed by atoms with Crippen LogP contribution >= 0.6 is 22.9 Å². The van der Waals surface area contributed by atoms with Crippen LogP contribution < -0.4 is 0 Å². The maximum Gasteiger partial charge on any atom is 0.264 e. The molecule has 6 heteroatoms. The van der Waals surface area contributed by atoms with Gasteiger partial charge in [0.25, 0.3) is 5.91 Å². The number of thiophene rings is 1. The van der Waals surface area contributed by atoms with Crippen molar-refractivity contribution in [2.75, 3.05) is 26.3 Å². The van der Waals surface area contributed by atoms with E-state index in [1.165, 1.54) is 16.2 Å². The van der Waals surface area contributed by atoms with Crippen molar-refractivity contribution in [3.8, 4) is 0 Å². The number of rotatable bonds is 5. The van der Waals surface area contributed by atoms with E-state index in [1.807, 2.05) is 0 Å². The van der Waals surface area contributed by atoms with E-state index in [2.05, 4.69) is 0 Å². The van der Waals surface area contributed by atoms with Crippen molar-refractivity contribution in [3.63, 3.8) is 0 Å². The summed E-state index contributed by atoms with van der Waals surface area (Å²) < 4.78 is 0.547. The molecule has 1 amide bonds. The Morgan fingerprint density at radius 2 is 1.93 bits per heavy atom. The van der Waals surface area contributed by atoms with E-state index in [0.717, 1.165) is 0 Å². The molecule has 0 aliphatic heterocycles. The van der Waals surface area contributed by atoms with Crippen LogP contribution in [0.3, 0.4) is 0 Å². The number of carbonyl (C=O) groups excluding carboxylic acids is 1. The first-order chi connectivity index (χ1) is 7.19. The number of nitrogens with zero attached hydrogens (tertiary/aromatic N) is 1. The van der Waals surface area contributed by atoms with E-state index < -0.39 is 0 Å². The predicted octanol–water partition coefficient (Wildman–Crippen LogP) is 0.828. The molecule has 1 heterocycles. The Bertz CT molecular complexity index is 323. The van der Waals surface area contributed by atoms with E-state index in [9.17, 15) is 4.79 Å². The zero-order chi connectivity index (χ0) is 11.3. The van der Waals surface area contributed by atoms with Crippen LogP contribution in [0.4, 0.5) is 0 Å². The maximum atomic E-state index is 11.8. The van der Waals surface area contributed by atoms with Gasteiger partial charge < -0.3 is 15.1 Å². The van der Waals surface area contributed by atoms with E-state index in [-0.39, 0.29) is 32.2 Å². The summed E-state index contributed by atoms with van der Waals surface area (Å²) in [6, 6.07) is 3.28. The van der Waals surface area contributed by atoms with Crippen molar-refractivity contribution in [1.82, 2.24) is 4.90 Å². The number of aliphatic hydroxyl groups excluding tert-OH is 2. The highest BCUT2D eigenvalue weighted by atomic mass is 35.5. The van der Waals surface area contributed by atoms with Gasteiger partial charge in [0.1, 0.15) is 0 Å². The number of halogens is 1. The summed E-state index contributed by atoms with van der Waals surface area (Å²) in [5, 5.41) is 17.5. The molecule has 4 nitrogen and oxygen atoms in total. The minimum absolute atomic E-state index is 0.120. The first-order valence-corrected chi connectivity index (χ1v) is 5.65. The number of carbonyl (C=O) groups is 1. The second-order valence-corrected chi connectivity index (χ2v) is 4.56. The van der Waals surface area contributed by atoms with E-state index in [4.69, 9.17) is 21.8 Å². The molecule has 0 aliphatic carbocycles. The van der Waals surface area contributed by atoms with E-state index >= 15 is 0 Å². The lowest BCUT2D eigenvalue weighted by Gasteiger charge is -2.19. The van der Waals surface area contributed by atoms with Gasteiger partial charge in [0.05, 0.1) is 22.4 Å². The average molecular weight is 250 g/mol. The summed E-state index contributed by atoms with van der Waals surface area (Å²) >= 11 is 6.90. The molecule has 1 aromatic heterocycles. The molecule has 0 unspecified atom stereocenters.